The molecule has 6 nitrogen and oxygen atoms in total. The Kier molecular flexibility index (Phi) is 2.89. The number of rotatable bonds is 3. The maximum atomic E-state index is 10.8. The van der Waals surface area contributed by atoms with Gasteiger partial charge in [-0.05, 0) is 15.9 Å². The summed E-state index contributed by atoms with van der Waals surface area (Å²) < 4.78 is 0.395. The summed E-state index contributed by atoms with van der Waals surface area (Å²) >= 11 is 3.05. The molecular formula is C6H8BrN3O3. The van der Waals surface area contributed by atoms with E-state index in [4.69, 9.17) is 10.8 Å². The number of imidazole rings is 1. The second kappa shape index (κ2) is 3.75. The lowest BCUT2D eigenvalue weighted by Crippen LogP contribution is -2.16. The van der Waals surface area contributed by atoms with Gasteiger partial charge in [0.2, 0.25) is 0 Å². The summed E-state index contributed by atoms with van der Waals surface area (Å²) in [4.78, 5) is 25.9. The highest BCUT2D eigenvalue weighted by molar-refractivity contribution is 9.10. The number of carboxylic acid groups (broad SMARTS) is 1. The minimum absolute atomic E-state index is 0.230. The fraction of sp³-hybridized carbons (Fsp3) is 0.333. The van der Waals surface area contributed by atoms with Gasteiger partial charge in [-0.1, -0.05) is 0 Å². The number of H-pyrrole nitrogens is 2. The standard InChI is InChI=1S/C6H8BrN3O3/c7-5-4(9-6(13)10-5)2(8)1-3(11)12/h2H,1,8H2,(H,11,12)(H2,9,10,13). The maximum absolute atomic E-state index is 10.8. The molecule has 0 bridgehead atoms. The van der Waals surface area contributed by atoms with Gasteiger partial charge in [-0.3, -0.25) is 4.79 Å². The molecule has 7 heteroatoms. The summed E-state index contributed by atoms with van der Waals surface area (Å²) in [5.74, 6) is -1.01. The van der Waals surface area contributed by atoms with Gasteiger partial charge in [0.05, 0.1) is 18.2 Å². The summed E-state index contributed by atoms with van der Waals surface area (Å²) in [6.07, 6.45) is -0.230. The van der Waals surface area contributed by atoms with Gasteiger partial charge in [0.25, 0.3) is 0 Å². The number of aromatic amines is 2. The molecule has 0 aliphatic carbocycles. The molecule has 0 spiro atoms. The number of nitrogens with one attached hydrogen (secondary N) is 2. The third-order valence-electron chi connectivity index (χ3n) is 1.47. The van der Waals surface area contributed by atoms with E-state index in [0.29, 0.717) is 10.3 Å². The zero-order valence-corrected chi connectivity index (χ0v) is 8.09. The molecule has 13 heavy (non-hydrogen) atoms. The molecule has 0 amide bonds. The smallest absolute Gasteiger partial charge is 0.324 e. The number of halogens is 1. The van der Waals surface area contributed by atoms with Gasteiger partial charge in [0, 0.05) is 0 Å². The molecular weight excluding hydrogens is 242 g/mol. The Bertz CT molecular complexity index is 369. The lowest BCUT2D eigenvalue weighted by Gasteiger charge is -2.05. The van der Waals surface area contributed by atoms with Crippen LogP contribution in [0, 0.1) is 0 Å². The first-order chi connectivity index (χ1) is 6.00. The first-order valence-corrected chi connectivity index (χ1v) is 4.25. The number of aromatic nitrogens is 2. The van der Waals surface area contributed by atoms with Crippen molar-refractivity contribution in [3.63, 3.8) is 0 Å². The molecule has 5 N–H and O–H groups in total. The van der Waals surface area contributed by atoms with E-state index in [0.717, 1.165) is 0 Å². The fourth-order valence-electron chi connectivity index (χ4n) is 0.921. The Morgan fingerprint density at radius 1 is 1.62 bits per heavy atom. The molecule has 72 valence electrons. The molecule has 0 aliphatic heterocycles. The van der Waals surface area contributed by atoms with Crippen molar-refractivity contribution < 1.29 is 9.90 Å². The van der Waals surface area contributed by atoms with Gasteiger partial charge in [-0.25, -0.2) is 4.79 Å². The Morgan fingerprint density at radius 2 is 2.23 bits per heavy atom. The van der Waals surface area contributed by atoms with Crippen molar-refractivity contribution >= 4 is 21.9 Å². The molecule has 0 saturated heterocycles. The van der Waals surface area contributed by atoms with Gasteiger partial charge in [0.15, 0.2) is 0 Å². The van der Waals surface area contributed by atoms with E-state index in [1.54, 1.807) is 0 Å². The van der Waals surface area contributed by atoms with Crippen molar-refractivity contribution in [2.24, 2.45) is 5.73 Å². The Hall–Kier alpha value is -1.08. The van der Waals surface area contributed by atoms with Gasteiger partial charge in [-0.2, -0.15) is 0 Å². The molecule has 1 rings (SSSR count). The van der Waals surface area contributed by atoms with E-state index < -0.39 is 17.7 Å². The number of aliphatic carboxylic acids is 1. The minimum atomic E-state index is -1.01. The Morgan fingerprint density at radius 3 is 2.62 bits per heavy atom. The predicted molar refractivity (Wildman–Crippen MR) is 48.3 cm³/mol. The van der Waals surface area contributed by atoms with E-state index >= 15 is 0 Å². The molecule has 0 fully saturated rings. The zero-order valence-electron chi connectivity index (χ0n) is 6.50. The third-order valence-corrected chi connectivity index (χ3v) is 2.10. The fourth-order valence-corrected chi connectivity index (χ4v) is 1.49. The first kappa shape index (κ1) is 10.0. The molecule has 1 atom stereocenters. The normalized spacial score (nSPS) is 12.8. The molecule has 0 radical (unpaired) electrons. The SMILES string of the molecule is NC(CC(=O)O)c1[nH]c(=O)[nH]c1Br. The van der Waals surface area contributed by atoms with Crippen molar-refractivity contribution in [1.82, 2.24) is 9.97 Å². The topological polar surface area (TPSA) is 112 Å². The number of hydrogen-bond donors (Lipinski definition) is 4. The molecule has 0 aromatic carbocycles. The number of carboxylic acids is 1. The predicted octanol–water partition coefficient (Wildman–Crippen LogP) is -0.0600. The summed E-state index contributed by atoms with van der Waals surface area (Å²) in [5.41, 5.74) is 5.46. The second-order valence-corrected chi connectivity index (χ2v) is 3.30. The highest BCUT2D eigenvalue weighted by Crippen LogP contribution is 2.17. The van der Waals surface area contributed by atoms with Crippen molar-refractivity contribution in [3.05, 3.63) is 20.8 Å². The van der Waals surface area contributed by atoms with Crippen LogP contribution in [0.25, 0.3) is 0 Å². The van der Waals surface area contributed by atoms with E-state index in [1.807, 2.05) is 0 Å². The average molecular weight is 250 g/mol. The summed E-state index contributed by atoms with van der Waals surface area (Å²) in [7, 11) is 0. The number of nitrogens with two attached hydrogens (primary N) is 1. The van der Waals surface area contributed by atoms with Gasteiger partial charge in [-0.15, -0.1) is 0 Å². The zero-order chi connectivity index (χ0) is 10.0. The van der Waals surface area contributed by atoms with Crippen LogP contribution in [0.5, 0.6) is 0 Å². The van der Waals surface area contributed by atoms with Crippen LogP contribution in [0.3, 0.4) is 0 Å². The van der Waals surface area contributed by atoms with E-state index in [2.05, 4.69) is 25.9 Å². The minimum Gasteiger partial charge on any atom is -0.481 e. The quantitative estimate of drug-likeness (QED) is 0.601. The van der Waals surface area contributed by atoms with Gasteiger partial charge in [0.1, 0.15) is 4.60 Å². The number of hydrogen-bond acceptors (Lipinski definition) is 3. The number of carbonyl (C=O) groups is 1. The van der Waals surface area contributed by atoms with E-state index in [-0.39, 0.29) is 6.42 Å². The van der Waals surface area contributed by atoms with Crippen molar-refractivity contribution in [3.8, 4) is 0 Å². The van der Waals surface area contributed by atoms with Crippen LogP contribution >= 0.6 is 15.9 Å². The summed E-state index contributed by atoms with van der Waals surface area (Å²) in [6.45, 7) is 0. The van der Waals surface area contributed by atoms with E-state index in [9.17, 15) is 9.59 Å². The van der Waals surface area contributed by atoms with Crippen LogP contribution in [-0.4, -0.2) is 21.0 Å². The van der Waals surface area contributed by atoms with Crippen LogP contribution in [-0.2, 0) is 4.79 Å². The Balaban J connectivity index is 2.88. The first-order valence-electron chi connectivity index (χ1n) is 3.45. The molecule has 1 unspecified atom stereocenters. The lowest BCUT2D eigenvalue weighted by atomic mass is 10.2. The van der Waals surface area contributed by atoms with Crippen molar-refractivity contribution in [2.45, 2.75) is 12.5 Å². The summed E-state index contributed by atoms with van der Waals surface area (Å²) in [5, 5.41) is 8.45. The second-order valence-electron chi connectivity index (χ2n) is 2.51. The largest absolute Gasteiger partial charge is 0.481 e. The summed E-state index contributed by atoms with van der Waals surface area (Å²) in [6, 6.07) is -0.717. The van der Waals surface area contributed by atoms with Gasteiger partial charge < -0.3 is 20.8 Å². The van der Waals surface area contributed by atoms with Crippen LogP contribution in [0.1, 0.15) is 18.2 Å². The lowest BCUT2D eigenvalue weighted by molar-refractivity contribution is -0.137. The van der Waals surface area contributed by atoms with Crippen molar-refractivity contribution in [1.29, 1.82) is 0 Å². The molecule has 0 saturated carbocycles. The third kappa shape index (κ3) is 2.43. The van der Waals surface area contributed by atoms with Crippen LogP contribution in [0.4, 0.5) is 0 Å². The monoisotopic (exact) mass is 249 g/mol. The highest BCUT2D eigenvalue weighted by atomic mass is 79.9. The average Bonchev–Trinajstić information content (AvgIpc) is 2.28. The maximum Gasteiger partial charge on any atom is 0.324 e. The van der Waals surface area contributed by atoms with Crippen LogP contribution < -0.4 is 11.4 Å². The van der Waals surface area contributed by atoms with Crippen molar-refractivity contribution in [2.75, 3.05) is 0 Å². The molecule has 0 aliphatic rings. The highest BCUT2D eigenvalue weighted by Gasteiger charge is 2.15. The van der Waals surface area contributed by atoms with Gasteiger partial charge >= 0.3 is 11.7 Å². The van der Waals surface area contributed by atoms with E-state index in [1.165, 1.54) is 0 Å². The van der Waals surface area contributed by atoms with Crippen LogP contribution in [0.2, 0.25) is 0 Å². The molecule has 1 aromatic rings. The molecule has 1 heterocycles. The molecule has 1 aromatic heterocycles. The Labute approximate surface area is 81.3 Å². The van der Waals surface area contributed by atoms with Crippen LogP contribution in [0.15, 0.2) is 9.40 Å².